The van der Waals surface area contributed by atoms with Crippen molar-refractivity contribution in [2.75, 3.05) is 0 Å². The third kappa shape index (κ3) is 1.62. The van der Waals surface area contributed by atoms with Gasteiger partial charge in [0.05, 0.1) is 0 Å². The fraction of sp³-hybridized carbons (Fsp3) is 0.500. The molecule has 2 rings (SSSR count). The van der Waals surface area contributed by atoms with Crippen molar-refractivity contribution in [1.82, 2.24) is 5.32 Å². The molecular weight excluding hydrogens is 174 g/mol. The van der Waals surface area contributed by atoms with Gasteiger partial charge in [-0.05, 0) is 43.0 Å². The van der Waals surface area contributed by atoms with Crippen LogP contribution in [0.2, 0.25) is 0 Å². The van der Waals surface area contributed by atoms with Crippen LogP contribution in [0.1, 0.15) is 37.4 Å². The lowest BCUT2D eigenvalue weighted by Gasteiger charge is -2.30. The van der Waals surface area contributed by atoms with Crippen molar-refractivity contribution in [3.8, 4) is 5.75 Å². The number of rotatable bonds is 1. The average Bonchev–Trinajstić information content (AvgIpc) is 2.17. The van der Waals surface area contributed by atoms with Crippen molar-refractivity contribution in [2.24, 2.45) is 0 Å². The van der Waals surface area contributed by atoms with Crippen LogP contribution in [0, 0.1) is 0 Å². The van der Waals surface area contributed by atoms with E-state index < -0.39 is 0 Å². The van der Waals surface area contributed by atoms with Gasteiger partial charge < -0.3 is 10.4 Å². The maximum absolute atomic E-state index is 9.44. The molecule has 0 spiro atoms. The molecule has 2 unspecified atom stereocenters. The van der Waals surface area contributed by atoms with Crippen LogP contribution in [0.3, 0.4) is 0 Å². The predicted molar refractivity (Wildman–Crippen MR) is 57.4 cm³/mol. The third-order valence-electron chi connectivity index (χ3n) is 2.92. The maximum Gasteiger partial charge on any atom is 0.115 e. The molecule has 1 aromatic rings. The number of phenols is 1. The van der Waals surface area contributed by atoms with Gasteiger partial charge in [0.2, 0.25) is 0 Å². The Kier molecular flexibility index (Phi) is 2.46. The number of aromatic hydroxyl groups is 1. The van der Waals surface area contributed by atoms with Crippen LogP contribution < -0.4 is 5.32 Å². The second kappa shape index (κ2) is 3.62. The molecule has 1 heterocycles. The van der Waals surface area contributed by atoms with E-state index in [1.165, 1.54) is 11.1 Å². The molecule has 14 heavy (non-hydrogen) atoms. The van der Waals surface area contributed by atoms with Crippen molar-refractivity contribution in [2.45, 2.75) is 38.8 Å². The van der Waals surface area contributed by atoms with E-state index in [0.29, 0.717) is 17.8 Å². The largest absolute Gasteiger partial charge is 0.508 e. The summed E-state index contributed by atoms with van der Waals surface area (Å²) in [6.45, 7) is 4.38. The molecule has 0 amide bonds. The van der Waals surface area contributed by atoms with Crippen LogP contribution in [0.15, 0.2) is 18.2 Å². The topological polar surface area (TPSA) is 32.3 Å². The lowest BCUT2D eigenvalue weighted by Crippen LogP contribution is -2.36. The lowest BCUT2D eigenvalue weighted by atomic mass is 9.89. The first-order valence-corrected chi connectivity index (χ1v) is 5.28. The van der Waals surface area contributed by atoms with Crippen molar-refractivity contribution in [3.63, 3.8) is 0 Å². The van der Waals surface area contributed by atoms with Crippen LogP contribution in [0.4, 0.5) is 0 Å². The standard InChI is InChI=1S/C12H17NO/c1-3-12-11-7-10(14)5-4-9(11)6-8(2)13-12/h4-5,7-8,12-14H,3,6H2,1-2H3. The summed E-state index contributed by atoms with van der Waals surface area (Å²) in [5.41, 5.74) is 2.64. The lowest BCUT2D eigenvalue weighted by molar-refractivity contribution is 0.409. The highest BCUT2D eigenvalue weighted by Crippen LogP contribution is 2.30. The first-order valence-electron chi connectivity index (χ1n) is 5.28. The molecule has 1 aromatic carbocycles. The second-order valence-electron chi connectivity index (χ2n) is 4.12. The normalized spacial score (nSPS) is 25.9. The van der Waals surface area contributed by atoms with Crippen LogP contribution in [0.5, 0.6) is 5.75 Å². The van der Waals surface area contributed by atoms with Gasteiger partial charge >= 0.3 is 0 Å². The van der Waals surface area contributed by atoms with Crippen molar-refractivity contribution in [3.05, 3.63) is 29.3 Å². The zero-order valence-electron chi connectivity index (χ0n) is 8.75. The van der Waals surface area contributed by atoms with Gasteiger partial charge in [-0.15, -0.1) is 0 Å². The van der Waals surface area contributed by atoms with E-state index in [4.69, 9.17) is 0 Å². The van der Waals surface area contributed by atoms with E-state index >= 15 is 0 Å². The summed E-state index contributed by atoms with van der Waals surface area (Å²) in [6, 6.07) is 6.66. The number of hydrogen-bond donors (Lipinski definition) is 2. The molecular formula is C12H17NO. The fourth-order valence-electron chi connectivity index (χ4n) is 2.25. The first-order chi connectivity index (χ1) is 6.70. The Morgan fingerprint density at radius 2 is 2.29 bits per heavy atom. The Morgan fingerprint density at radius 3 is 3.00 bits per heavy atom. The SMILES string of the molecule is CCC1NC(C)Cc2ccc(O)cc21. The Labute approximate surface area is 85.0 Å². The van der Waals surface area contributed by atoms with Crippen LogP contribution in [-0.4, -0.2) is 11.1 Å². The molecule has 0 fully saturated rings. The Hall–Kier alpha value is -1.02. The van der Waals surface area contributed by atoms with Gasteiger partial charge in [-0.25, -0.2) is 0 Å². The molecule has 0 aliphatic carbocycles. The molecule has 76 valence electrons. The molecule has 2 atom stereocenters. The average molecular weight is 191 g/mol. The molecule has 2 heteroatoms. The molecule has 0 radical (unpaired) electrons. The van der Waals surface area contributed by atoms with Gasteiger partial charge in [0.25, 0.3) is 0 Å². The Morgan fingerprint density at radius 1 is 1.50 bits per heavy atom. The number of fused-ring (bicyclic) bond motifs is 1. The summed E-state index contributed by atoms with van der Waals surface area (Å²) in [6.07, 6.45) is 2.13. The second-order valence-corrected chi connectivity index (χ2v) is 4.12. The van der Waals surface area contributed by atoms with E-state index in [1.807, 2.05) is 12.1 Å². The highest BCUT2D eigenvalue weighted by molar-refractivity contribution is 5.39. The van der Waals surface area contributed by atoms with Crippen LogP contribution in [0.25, 0.3) is 0 Å². The zero-order chi connectivity index (χ0) is 10.1. The van der Waals surface area contributed by atoms with Crippen LogP contribution >= 0.6 is 0 Å². The summed E-state index contributed by atoms with van der Waals surface area (Å²) >= 11 is 0. The number of hydrogen-bond acceptors (Lipinski definition) is 2. The summed E-state index contributed by atoms with van der Waals surface area (Å²) < 4.78 is 0. The van der Waals surface area contributed by atoms with Gasteiger partial charge in [-0.2, -0.15) is 0 Å². The monoisotopic (exact) mass is 191 g/mol. The van der Waals surface area contributed by atoms with E-state index in [9.17, 15) is 5.11 Å². The minimum Gasteiger partial charge on any atom is -0.508 e. The summed E-state index contributed by atoms with van der Waals surface area (Å²) in [4.78, 5) is 0. The number of phenolic OH excluding ortho intramolecular Hbond substituents is 1. The molecule has 1 aliphatic rings. The predicted octanol–water partition coefficient (Wildman–Crippen LogP) is 2.38. The highest BCUT2D eigenvalue weighted by atomic mass is 16.3. The van der Waals surface area contributed by atoms with Gasteiger partial charge in [-0.1, -0.05) is 13.0 Å². The van der Waals surface area contributed by atoms with Crippen molar-refractivity contribution in [1.29, 1.82) is 0 Å². The highest BCUT2D eigenvalue weighted by Gasteiger charge is 2.22. The molecule has 0 aromatic heterocycles. The molecule has 0 saturated carbocycles. The summed E-state index contributed by atoms with van der Waals surface area (Å²) in [5, 5.41) is 13.0. The van der Waals surface area contributed by atoms with E-state index in [-0.39, 0.29) is 0 Å². The number of nitrogens with one attached hydrogen (secondary N) is 1. The molecule has 2 N–H and O–H groups in total. The van der Waals surface area contributed by atoms with E-state index in [1.54, 1.807) is 6.07 Å². The molecule has 2 nitrogen and oxygen atoms in total. The van der Waals surface area contributed by atoms with Crippen molar-refractivity contribution >= 4 is 0 Å². The van der Waals surface area contributed by atoms with Gasteiger partial charge in [0.1, 0.15) is 5.75 Å². The van der Waals surface area contributed by atoms with Crippen molar-refractivity contribution < 1.29 is 5.11 Å². The summed E-state index contributed by atoms with van der Waals surface area (Å²) in [7, 11) is 0. The fourth-order valence-corrected chi connectivity index (χ4v) is 2.25. The van der Waals surface area contributed by atoms with Crippen LogP contribution in [-0.2, 0) is 6.42 Å². The molecule has 0 saturated heterocycles. The van der Waals surface area contributed by atoms with E-state index in [0.717, 1.165) is 12.8 Å². The summed E-state index contributed by atoms with van der Waals surface area (Å²) in [5.74, 6) is 0.374. The van der Waals surface area contributed by atoms with Gasteiger partial charge in [-0.3, -0.25) is 0 Å². The number of benzene rings is 1. The first kappa shape index (κ1) is 9.53. The minimum atomic E-state index is 0.374. The molecule has 1 aliphatic heterocycles. The zero-order valence-corrected chi connectivity index (χ0v) is 8.75. The smallest absolute Gasteiger partial charge is 0.115 e. The third-order valence-corrected chi connectivity index (χ3v) is 2.92. The maximum atomic E-state index is 9.44. The Balaban J connectivity index is 2.41. The molecule has 0 bridgehead atoms. The Bertz CT molecular complexity index is 335. The van der Waals surface area contributed by atoms with Gasteiger partial charge in [0, 0.05) is 12.1 Å². The van der Waals surface area contributed by atoms with E-state index in [2.05, 4.69) is 19.2 Å². The minimum absolute atomic E-state index is 0.374. The van der Waals surface area contributed by atoms with Gasteiger partial charge in [0.15, 0.2) is 0 Å². The quantitative estimate of drug-likeness (QED) is 0.714.